The van der Waals surface area contributed by atoms with E-state index in [1.807, 2.05) is 0 Å². The van der Waals surface area contributed by atoms with E-state index in [4.69, 9.17) is 9.15 Å². The number of aryl methyl sites for hydroxylation is 1. The van der Waals surface area contributed by atoms with Crippen molar-refractivity contribution in [1.82, 2.24) is 24.7 Å². The molecule has 2 fully saturated rings. The molecule has 1 saturated heterocycles. The number of amides is 1. The van der Waals surface area contributed by atoms with Crippen molar-refractivity contribution in [3.8, 4) is 0 Å². The first kappa shape index (κ1) is 22.9. The maximum atomic E-state index is 13.3. The molecule has 1 aliphatic heterocycles. The predicted octanol–water partition coefficient (Wildman–Crippen LogP) is 1.62. The third-order valence-corrected chi connectivity index (χ3v) is 7.15. The number of methoxy groups -OCH3 is 1. The lowest BCUT2D eigenvalue weighted by molar-refractivity contribution is 0.0138. The summed E-state index contributed by atoms with van der Waals surface area (Å²) in [6, 6.07) is 0. The molecule has 0 radical (unpaired) electrons. The van der Waals surface area contributed by atoms with Crippen LogP contribution < -0.4 is 10.9 Å². The van der Waals surface area contributed by atoms with Crippen LogP contribution in [-0.4, -0.2) is 84.3 Å². The Labute approximate surface area is 188 Å². The van der Waals surface area contributed by atoms with E-state index in [1.165, 1.54) is 30.2 Å². The van der Waals surface area contributed by atoms with Crippen molar-refractivity contribution >= 4 is 17.0 Å². The molecule has 0 atom stereocenters. The minimum absolute atomic E-state index is 0.0144. The Kier molecular flexibility index (Phi) is 6.97. The van der Waals surface area contributed by atoms with Gasteiger partial charge in [-0.25, -0.2) is 4.98 Å². The fraction of sp³-hybridized carbons (Fsp3) is 0.696. The van der Waals surface area contributed by atoms with Crippen LogP contribution in [0.1, 0.15) is 48.2 Å². The van der Waals surface area contributed by atoms with Gasteiger partial charge in [0.1, 0.15) is 17.5 Å². The Morgan fingerprint density at radius 3 is 2.62 bits per heavy atom. The first-order valence-electron chi connectivity index (χ1n) is 11.6. The van der Waals surface area contributed by atoms with E-state index in [9.17, 15) is 9.59 Å². The van der Waals surface area contributed by atoms with Crippen LogP contribution in [0.2, 0.25) is 0 Å². The standard InChI is InChI=1S/C23H35N5O4/c1-17-18(19-21(32-17)25-16-27(22(19)30)13-14-31-3)20(29)24-15-23(7-5-4-6-8-23)28-11-9-26(2)10-12-28/h16H,4-15H2,1-3H3,(H,24,29). The molecular weight excluding hydrogens is 410 g/mol. The highest BCUT2D eigenvalue weighted by molar-refractivity contribution is 6.06. The van der Waals surface area contributed by atoms with Crippen molar-refractivity contribution in [2.75, 3.05) is 53.5 Å². The number of hydrogen-bond acceptors (Lipinski definition) is 7. The fourth-order valence-corrected chi connectivity index (χ4v) is 5.19. The van der Waals surface area contributed by atoms with E-state index in [0.29, 0.717) is 31.0 Å². The molecule has 2 aliphatic rings. The van der Waals surface area contributed by atoms with Crippen molar-refractivity contribution in [3.05, 3.63) is 28.0 Å². The molecule has 1 N–H and O–H groups in total. The number of rotatable bonds is 7. The highest BCUT2D eigenvalue weighted by Crippen LogP contribution is 2.34. The number of piperazine rings is 1. The maximum absolute atomic E-state index is 13.3. The van der Waals surface area contributed by atoms with Gasteiger partial charge in [0.15, 0.2) is 0 Å². The largest absolute Gasteiger partial charge is 0.442 e. The summed E-state index contributed by atoms with van der Waals surface area (Å²) in [5.74, 6) is 0.160. The second-order valence-electron chi connectivity index (χ2n) is 9.21. The number of ether oxygens (including phenoxy) is 1. The zero-order chi connectivity index (χ0) is 22.7. The SMILES string of the molecule is COCCn1cnc2oc(C)c(C(=O)NCC3(N4CCN(C)CC4)CCCCC3)c2c1=O. The topological polar surface area (TPSA) is 92.8 Å². The molecule has 32 heavy (non-hydrogen) atoms. The number of nitrogens with one attached hydrogen (secondary N) is 1. The Bertz CT molecular complexity index is 1000. The molecular formula is C23H35N5O4. The third-order valence-electron chi connectivity index (χ3n) is 7.15. The lowest BCUT2D eigenvalue weighted by atomic mass is 9.79. The van der Waals surface area contributed by atoms with Crippen LogP contribution >= 0.6 is 0 Å². The average Bonchev–Trinajstić information content (AvgIpc) is 3.15. The molecule has 1 aliphatic carbocycles. The van der Waals surface area contributed by atoms with E-state index in [0.717, 1.165) is 39.0 Å². The van der Waals surface area contributed by atoms with E-state index in [-0.39, 0.29) is 28.1 Å². The molecule has 1 saturated carbocycles. The molecule has 2 aromatic rings. The summed E-state index contributed by atoms with van der Waals surface area (Å²) in [6.45, 7) is 7.20. The van der Waals surface area contributed by atoms with Gasteiger partial charge in [-0.15, -0.1) is 0 Å². The number of hydrogen-bond donors (Lipinski definition) is 1. The van der Waals surface area contributed by atoms with Crippen LogP contribution in [0, 0.1) is 6.92 Å². The second kappa shape index (κ2) is 9.72. The Hall–Kier alpha value is -2.23. The smallest absolute Gasteiger partial charge is 0.265 e. The molecule has 0 bridgehead atoms. The third kappa shape index (κ3) is 4.46. The fourth-order valence-electron chi connectivity index (χ4n) is 5.19. The number of fused-ring (bicyclic) bond motifs is 1. The van der Waals surface area contributed by atoms with Crippen molar-refractivity contribution in [2.45, 2.75) is 51.1 Å². The van der Waals surface area contributed by atoms with E-state index in [1.54, 1.807) is 14.0 Å². The lowest BCUT2D eigenvalue weighted by Crippen LogP contribution is -2.61. The molecule has 4 rings (SSSR count). The first-order valence-corrected chi connectivity index (χ1v) is 11.6. The molecule has 1 amide bonds. The molecule has 2 aromatic heterocycles. The van der Waals surface area contributed by atoms with Gasteiger partial charge in [0.05, 0.1) is 18.7 Å². The normalized spacial score (nSPS) is 20.0. The Balaban J connectivity index is 1.57. The van der Waals surface area contributed by atoms with Gasteiger partial charge in [-0.3, -0.25) is 19.1 Å². The van der Waals surface area contributed by atoms with Crippen LogP contribution in [0.4, 0.5) is 0 Å². The van der Waals surface area contributed by atoms with Gasteiger partial charge in [0, 0.05) is 45.4 Å². The average molecular weight is 446 g/mol. The van der Waals surface area contributed by atoms with Gasteiger partial charge < -0.3 is 19.4 Å². The van der Waals surface area contributed by atoms with Crippen LogP contribution in [0.5, 0.6) is 0 Å². The van der Waals surface area contributed by atoms with Gasteiger partial charge in [0.2, 0.25) is 5.71 Å². The van der Waals surface area contributed by atoms with Crippen molar-refractivity contribution < 1.29 is 13.9 Å². The van der Waals surface area contributed by atoms with Crippen LogP contribution in [0.3, 0.4) is 0 Å². The number of nitrogens with zero attached hydrogens (tertiary/aromatic N) is 4. The second-order valence-corrected chi connectivity index (χ2v) is 9.21. The molecule has 0 aromatic carbocycles. The monoisotopic (exact) mass is 445 g/mol. The highest BCUT2D eigenvalue weighted by atomic mass is 16.5. The van der Waals surface area contributed by atoms with Gasteiger partial charge >= 0.3 is 0 Å². The minimum Gasteiger partial charge on any atom is -0.442 e. The lowest BCUT2D eigenvalue weighted by Gasteiger charge is -2.49. The Morgan fingerprint density at radius 1 is 1.22 bits per heavy atom. The van der Waals surface area contributed by atoms with Crippen molar-refractivity contribution in [1.29, 1.82) is 0 Å². The molecule has 3 heterocycles. The van der Waals surface area contributed by atoms with Gasteiger partial charge in [-0.05, 0) is 26.8 Å². The number of likely N-dealkylation sites (N-methyl/N-ethyl adjacent to an activating group) is 1. The summed E-state index contributed by atoms with van der Waals surface area (Å²) < 4.78 is 12.2. The molecule has 9 heteroatoms. The molecule has 9 nitrogen and oxygen atoms in total. The van der Waals surface area contributed by atoms with Crippen LogP contribution in [-0.2, 0) is 11.3 Å². The highest BCUT2D eigenvalue weighted by Gasteiger charge is 2.39. The summed E-state index contributed by atoms with van der Waals surface area (Å²) in [4.78, 5) is 35.6. The quantitative estimate of drug-likeness (QED) is 0.692. The summed E-state index contributed by atoms with van der Waals surface area (Å²) in [7, 11) is 3.74. The predicted molar refractivity (Wildman–Crippen MR) is 122 cm³/mol. The van der Waals surface area contributed by atoms with Crippen LogP contribution in [0.25, 0.3) is 11.1 Å². The number of carbonyl (C=O) groups is 1. The van der Waals surface area contributed by atoms with Gasteiger partial charge in [-0.1, -0.05) is 19.3 Å². The van der Waals surface area contributed by atoms with Gasteiger partial charge in [-0.2, -0.15) is 0 Å². The number of aromatic nitrogens is 2. The van der Waals surface area contributed by atoms with E-state index < -0.39 is 0 Å². The summed E-state index contributed by atoms with van der Waals surface area (Å²) >= 11 is 0. The van der Waals surface area contributed by atoms with E-state index >= 15 is 0 Å². The minimum atomic E-state index is -0.277. The molecule has 0 unspecified atom stereocenters. The first-order chi connectivity index (χ1) is 15.4. The van der Waals surface area contributed by atoms with E-state index in [2.05, 4.69) is 27.1 Å². The van der Waals surface area contributed by atoms with Gasteiger partial charge in [0.25, 0.3) is 11.5 Å². The maximum Gasteiger partial charge on any atom is 0.265 e. The Morgan fingerprint density at radius 2 is 1.94 bits per heavy atom. The molecule has 176 valence electrons. The van der Waals surface area contributed by atoms with Crippen molar-refractivity contribution in [3.63, 3.8) is 0 Å². The molecule has 0 spiro atoms. The van der Waals surface area contributed by atoms with Crippen molar-refractivity contribution in [2.24, 2.45) is 0 Å². The summed E-state index contributed by atoms with van der Waals surface area (Å²) in [6.07, 6.45) is 7.25. The van der Waals surface area contributed by atoms with Crippen LogP contribution in [0.15, 0.2) is 15.5 Å². The zero-order valence-corrected chi connectivity index (χ0v) is 19.5. The number of carbonyl (C=O) groups excluding carboxylic acids is 1. The summed E-state index contributed by atoms with van der Waals surface area (Å²) in [5.41, 5.74) is 0.214. The number of furan rings is 1. The zero-order valence-electron chi connectivity index (χ0n) is 19.5. The summed E-state index contributed by atoms with van der Waals surface area (Å²) in [5, 5.41) is 3.42.